The molecule has 1 aromatic carbocycles. The number of hydrogen-bond acceptors (Lipinski definition) is 2. The fraction of sp³-hybridized carbons (Fsp3) is 0.600. The minimum atomic E-state index is -0.782. The summed E-state index contributed by atoms with van der Waals surface area (Å²) in [5.74, 6) is -0.834. The van der Waals surface area contributed by atoms with E-state index in [-0.39, 0.29) is 0 Å². The van der Waals surface area contributed by atoms with E-state index in [1.165, 1.54) is 25.0 Å². The van der Waals surface area contributed by atoms with Crippen LogP contribution in [-0.4, -0.2) is 19.1 Å². The van der Waals surface area contributed by atoms with E-state index in [0.717, 1.165) is 37.9 Å². The number of hydrogen-bond donors (Lipinski definition) is 2. The second kappa shape index (κ2) is 6.96. The van der Waals surface area contributed by atoms with Crippen molar-refractivity contribution in [2.75, 3.05) is 13.1 Å². The van der Waals surface area contributed by atoms with Crippen LogP contribution in [0.2, 0.25) is 0 Å². The van der Waals surface area contributed by atoms with Gasteiger partial charge in [-0.2, -0.15) is 0 Å². The van der Waals surface area contributed by atoms with E-state index in [9.17, 15) is 8.78 Å². The van der Waals surface area contributed by atoms with Crippen LogP contribution in [0.1, 0.15) is 31.2 Å². The molecule has 0 spiro atoms. The number of halogens is 2. The molecule has 0 atom stereocenters. The van der Waals surface area contributed by atoms with Gasteiger partial charge in [0.25, 0.3) is 0 Å². The van der Waals surface area contributed by atoms with Crippen molar-refractivity contribution in [3.8, 4) is 0 Å². The second-order valence-electron chi connectivity index (χ2n) is 5.48. The normalized spacial score (nSPS) is 23.5. The predicted molar refractivity (Wildman–Crippen MR) is 72.9 cm³/mol. The van der Waals surface area contributed by atoms with Crippen LogP contribution in [0.25, 0.3) is 0 Å². The number of nitrogens with two attached hydrogens (primary N) is 1. The van der Waals surface area contributed by atoms with E-state index in [2.05, 4.69) is 5.32 Å². The molecule has 0 bridgehead atoms. The molecule has 1 aliphatic rings. The first-order chi connectivity index (χ1) is 9.15. The summed E-state index contributed by atoms with van der Waals surface area (Å²) in [6.45, 7) is 1.80. The second-order valence-corrected chi connectivity index (χ2v) is 5.48. The summed E-state index contributed by atoms with van der Waals surface area (Å²) in [4.78, 5) is 0. The number of rotatable bonds is 5. The third-order valence-corrected chi connectivity index (χ3v) is 3.90. The fourth-order valence-electron chi connectivity index (χ4n) is 2.63. The van der Waals surface area contributed by atoms with E-state index in [0.29, 0.717) is 12.0 Å². The highest BCUT2D eigenvalue weighted by Crippen LogP contribution is 2.22. The van der Waals surface area contributed by atoms with Gasteiger partial charge in [-0.25, -0.2) is 8.78 Å². The molecule has 0 saturated heterocycles. The quantitative estimate of drug-likeness (QED) is 0.806. The monoisotopic (exact) mass is 268 g/mol. The molecule has 0 unspecified atom stereocenters. The lowest BCUT2D eigenvalue weighted by molar-refractivity contribution is 0.315. The molecule has 4 heteroatoms. The molecule has 0 radical (unpaired) electrons. The Morgan fingerprint density at radius 3 is 2.53 bits per heavy atom. The lowest BCUT2D eigenvalue weighted by Crippen LogP contribution is -2.32. The lowest BCUT2D eigenvalue weighted by Gasteiger charge is -2.26. The largest absolute Gasteiger partial charge is 0.328 e. The standard InChI is InChI=1S/C15H22F2N2/c16-14-6-3-11(9-15(14)17)7-8-19-10-12-1-4-13(18)5-2-12/h3,6,9,12-13,19H,1-2,4-5,7-8,10,18H2. The first kappa shape index (κ1) is 14.4. The van der Waals surface area contributed by atoms with Crippen molar-refractivity contribution >= 4 is 0 Å². The fourth-order valence-corrected chi connectivity index (χ4v) is 2.63. The minimum absolute atomic E-state index is 0.387. The molecule has 2 nitrogen and oxygen atoms in total. The van der Waals surface area contributed by atoms with Gasteiger partial charge in [-0.15, -0.1) is 0 Å². The zero-order valence-corrected chi connectivity index (χ0v) is 11.2. The first-order valence-corrected chi connectivity index (χ1v) is 7.05. The predicted octanol–water partition coefficient (Wildman–Crippen LogP) is 2.61. The number of benzene rings is 1. The van der Waals surface area contributed by atoms with Gasteiger partial charge in [-0.3, -0.25) is 0 Å². The van der Waals surface area contributed by atoms with Gasteiger partial charge in [0.2, 0.25) is 0 Å². The smallest absolute Gasteiger partial charge is 0.159 e. The lowest BCUT2D eigenvalue weighted by atomic mass is 9.86. The van der Waals surface area contributed by atoms with Crippen molar-refractivity contribution in [1.29, 1.82) is 0 Å². The van der Waals surface area contributed by atoms with Gasteiger partial charge in [-0.1, -0.05) is 6.07 Å². The summed E-state index contributed by atoms with van der Waals surface area (Å²) in [5.41, 5.74) is 6.70. The molecule has 1 fully saturated rings. The van der Waals surface area contributed by atoms with Crippen molar-refractivity contribution in [3.05, 3.63) is 35.4 Å². The van der Waals surface area contributed by atoms with Crippen LogP contribution >= 0.6 is 0 Å². The Morgan fingerprint density at radius 2 is 1.84 bits per heavy atom. The topological polar surface area (TPSA) is 38.0 Å². The van der Waals surface area contributed by atoms with Crippen LogP contribution in [0.15, 0.2) is 18.2 Å². The SMILES string of the molecule is NC1CCC(CNCCc2ccc(F)c(F)c2)CC1. The summed E-state index contributed by atoms with van der Waals surface area (Å²) in [7, 11) is 0. The van der Waals surface area contributed by atoms with Crippen LogP contribution in [0.3, 0.4) is 0 Å². The molecule has 2 rings (SSSR count). The van der Waals surface area contributed by atoms with Gasteiger partial charge in [0, 0.05) is 6.04 Å². The minimum Gasteiger partial charge on any atom is -0.328 e. The van der Waals surface area contributed by atoms with E-state index >= 15 is 0 Å². The Kier molecular flexibility index (Phi) is 5.28. The van der Waals surface area contributed by atoms with Crippen LogP contribution < -0.4 is 11.1 Å². The van der Waals surface area contributed by atoms with Crippen molar-refractivity contribution in [2.24, 2.45) is 11.7 Å². The zero-order valence-electron chi connectivity index (χ0n) is 11.2. The van der Waals surface area contributed by atoms with Gasteiger partial charge in [0.1, 0.15) is 0 Å². The molecule has 106 valence electrons. The average molecular weight is 268 g/mol. The van der Waals surface area contributed by atoms with E-state index in [1.54, 1.807) is 6.07 Å². The maximum Gasteiger partial charge on any atom is 0.159 e. The summed E-state index contributed by atoms with van der Waals surface area (Å²) < 4.78 is 25.8. The Morgan fingerprint density at radius 1 is 1.11 bits per heavy atom. The molecule has 1 aromatic rings. The Labute approximate surface area is 113 Å². The summed E-state index contributed by atoms with van der Waals surface area (Å²) in [6, 6.07) is 4.49. The molecule has 0 aromatic heterocycles. The van der Waals surface area contributed by atoms with Gasteiger partial charge < -0.3 is 11.1 Å². The van der Waals surface area contributed by atoms with Crippen LogP contribution in [-0.2, 0) is 6.42 Å². The third kappa shape index (κ3) is 4.55. The highest BCUT2D eigenvalue weighted by Gasteiger charge is 2.17. The Balaban J connectivity index is 1.65. The maximum atomic E-state index is 13.0. The van der Waals surface area contributed by atoms with Crippen LogP contribution in [0.5, 0.6) is 0 Å². The number of nitrogens with one attached hydrogen (secondary N) is 1. The van der Waals surface area contributed by atoms with Gasteiger partial charge >= 0.3 is 0 Å². The molecule has 0 amide bonds. The molecule has 3 N–H and O–H groups in total. The van der Waals surface area contributed by atoms with Crippen molar-refractivity contribution in [1.82, 2.24) is 5.32 Å². The van der Waals surface area contributed by atoms with E-state index in [4.69, 9.17) is 5.73 Å². The summed E-state index contributed by atoms with van der Waals surface area (Å²) in [6.07, 6.45) is 5.35. The first-order valence-electron chi connectivity index (χ1n) is 7.05. The van der Waals surface area contributed by atoms with Crippen molar-refractivity contribution in [2.45, 2.75) is 38.1 Å². The molecular weight excluding hydrogens is 246 g/mol. The van der Waals surface area contributed by atoms with E-state index < -0.39 is 11.6 Å². The summed E-state index contributed by atoms with van der Waals surface area (Å²) in [5, 5.41) is 3.40. The van der Waals surface area contributed by atoms with Gasteiger partial charge in [0.05, 0.1) is 0 Å². The highest BCUT2D eigenvalue weighted by molar-refractivity contribution is 5.18. The van der Waals surface area contributed by atoms with Crippen molar-refractivity contribution < 1.29 is 8.78 Å². The Hall–Kier alpha value is -1.00. The Bertz CT molecular complexity index is 401. The third-order valence-electron chi connectivity index (χ3n) is 3.90. The molecule has 1 saturated carbocycles. The molecule has 0 aliphatic heterocycles. The molecule has 19 heavy (non-hydrogen) atoms. The van der Waals surface area contributed by atoms with Crippen LogP contribution in [0.4, 0.5) is 8.78 Å². The summed E-state index contributed by atoms with van der Waals surface area (Å²) >= 11 is 0. The maximum absolute atomic E-state index is 13.0. The van der Waals surface area contributed by atoms with Crippen molar-refractivity contribution in [3.63, 3.8) is 0 Å². The highest BCUT2D eigenvalue weighted by atomic mass is 19.2. The average Bonchev–Trinajstić information content (AvgIpc) is 2.41. The molecule has 0 heterocycles. The van der Waals surface area contributed by atoms with Gasteiger partial charge in [0.15, 0.2) is 11.6 Å². The van der Waals surface area contributed by atoms with Crippen LogP contribution in [0, 0.1) is 17.6 Å². The molecular formula is C15H22F2N2. The van der Waals surface area contributed by atoms with E-state index in [1.807, 2.05) is 0 Å². The van der Waals surface area contributed by atoms with Gasteiger partial charge in [-0.05, 0) is 68.8 Å². The molecule has 1 aliphatic carbocycles. The zero-order chi connectivity index (χ0) is 13.7.